The van der Waals surface area contributed by atoms with Crippen molar-refractivity contribution in [3.05, 3.63) is 35.4 Å². The van der Waals surface area contributed by atoms with E-state index in [0.717, 1.165) is 19.6 Å². The molecule has 1 heterocycles. The minimum absolute atomic E-state index is 0.102. The topological polar surface area (TPSA) is 33.0 Å². The molecule has 0 aliphatic carbocycles. The third-order valence-corrected chi connectivity index (χ3v) is 3.66. The Morgan fingerprint density at radius 2 is 1.94 bits per heavy atom. The lowest BCUT2D eigenvalue weighted by atomic mass is 9.75. The molecule has 1 aliphatic heterocycles. The van der Waals surface area contributed by atoms with Gasteiger partial charge < -0.3 is 4.74 Å². The van der Waals surface area contributed by atoms with Crippen molar-refractivity contribution < 1.29 is 4.74 Å². The molecule has 17 heavy (non-hydrogen) atoms. The molecule has 1 saturated heterocycles. The molecule has 90 valence electrons. The normalized spacial score (nSPS) is 17.5. The molecule has 2 heteroatoms. The van der Waals surface area contributed by atoms with Crippen molar-refractivity contribution in [3.63, 3.8) is 0 Å². The summed E-state index contributed by atoms with van der Waals surface area (Å²) >= 11 is 0. The molecule has 0 atom stereocenters. The number of benzene rings is 1. The molecule has 0 amide bonds. The summed E-state index contributed by atoms with van der Waals surface area (Å²) in [6.07, 6.45) is 1.51. The number of nitrogens with zero attached hydrogens (tertiary/aromatic N) is 1. The molecule has 2 rings (SSSR count). The summed E-state index contributed by atoms with van der Waals surface area (Å²) in [5.74, 6) is 0.566. The Morgan fingerprint density at radius 1 is 1.29 bits per heavy atom. The van der Waals surface area contributed by atoms with Crippen LogP contribution in [0.5, 0.6) is 0 Å². The van der Waals surface area contributed by atoms with E-state index in [1.807, 2.05) is 0 Å². The zero-order valence-electron chi connectivity index (χ0n) is 10.6. The molecule has 1 aliphatic rings. The largest absolute Gasteiger partial charge is 0.379 e. The van der Waals surface area contributed by atoms with Gasteiger partial charge in [-0.15, -0.1) is 0 Å². The minimum Gasteiger partial charge on any atom is -0.379 e. The summed E-state index contributed by atoms with van der Waals surface area (Å²) in [5.41, 5.74) is 2.79. The number of hydrogen-bond acceptors (Lipinski definition) is 2. The van der Waals surface area contributed by atoms with Gasteiger partial charge in [0.1, 0.15) is 0 Å². The van der Waals surface area contributed by atoms with Crippen LogP contribution >= 0.6 is 0 Å². The van der Waals surface area contributed by atoms with Crippen molar-refractivity contribution in [2.24, 2.45) is 0 Å². The van der Waals surface area contributed by atoms with Crippen LogP contribution in [-0.2, 0) is 10.2 Å². The van der Waals surface area contributed by atoms with Gasteiger partial charge >= 0.3 is 0 Å². The van der Waals surface area contributed by atoms with Crippen molar-refractivity contribution in [1.29, 1.82) is 5.26 Å². The third-order valence-electron chi connectivity index (χ3n) is 3.66. The van der Waals surface area contributed by atoms with Crippen molar-refractivity contribution in [2.45, 2.75) is 38.0 Å². The zero-order chi connectivity index (χ0) is 12.3. The van der Waals surface area contributed by atoms with Gasteiger partial charge in [0.05, 0.1) is 19.3 Å². The van der Waals surface area contributed by atoms with Crippen molar-refractivity contribution >= 4 is 0 Å². The molecule has 0 bridgehead atoms. The van der Waals surface area contributed by atoms with E-state index >= 15 is 0 Å². The maximum absolute atomic E-state index is 8.72. The van der Waals surface area contributed by atoms with Crippen molar-refractivity contribution in [3.8, 4) is 6.07 Å². The van der Waals surface area contributed by atoms with Crippen LogP contribution in [0.3, 0.4) is 0 Å². The number of rotatable bonds is 4. The molecular formula is C15H19NO. The lowest BCUT2D eigenvalue weighted by Gasteiger charge is -2.41. The van der Waals surface area contributed by atoms with Gasteiger partial charge in [0.2, 0.25) is 0 Å². The summed E-state index contributed by atoms with van der Waals surface area (Å²) in [6.45, 7) is 5.92. The second kappa shape index (κ2) is 4.89. The van der Waals surface area contributed by atoms with E-state index in [-0.39, 0.29) is 5.41 Å². The summed E-state index contributed by atoms with van der Waals surface area (Å²) in [4.78, 5) is 0. The lowest BCUT2D eigenvalue weighted by molar-refractivity contribution is -0.0637. The van der Waals surface area contributed by atoms with Gasteiger partial charge in [-0.2, -0.15) is 5.26 Å². The van der Waals surface area contributed by atoms with E-state index in [2.05, 4.69) is 44.2 Å². The molecular weight excluding hydrogens is 210 g/mol. The van der Waals surface area contributed by atoms with E-state index in [9.17, 15) is 0 Å². The number of ether oxygens (including phenoxy) is 1. The van der Waals surface area contributed by atoms with Gasteiger partial charge in [-0.25, -0.2) is 0 Å². The predicted molar refractivity (Wildman–Crippen MR) is 67.9 cm³/mol. The molecule has 1 aromatic carbocycles. The first kappa shape index (κ1) is 12.1. The van der Waals surface area contributed by atoms with Crippen LogP contribution in [-0.4, -0.2) is 13.2 Å². The van der Waals surface area contributed by atoms with Crippen LogP contribution < -0.4 is 0 Å². The van der Waals surface area contributed by atoms with Gasteiger partial charge in [-0.1, -0.05) is 38.1 Å². The molecule has 0 aromatic heterocycles. The fraction of sp³-hybridized carbons (Fsp3) is 0.533. The monoisotopic (exact) mass is 229 g/mol. The van der Waals surface area contributed by atoms with Crippen LogP contribution in [0.15, 0.2) is 24.3 Å². The van der Waals surface area contributed by atoms with Crippen molar-refractivity contribution in [1.82, 2.24) is 0 Å². The van der Waals surface area contributed by atoms with Crippen LogP contribution in [0.25, 0.3) is 0 Å². The molecule has 2 nitrogen and oxygen atoms in total. The highest BCUT2D eigenvalue weighted by Crippen LogP contribution is 2.37. The van der Waals surface area contributed by atoms with Gasteiger partial charge in [-0.05, 0) is 23.5 Å². The maximum Gasteiger partial charge on any atom is 0.0622 e. The smallest absolute Gasteiger partial charge is 0.0622 e. The van der Waals surface area contributed by atoms with E-state index in [0.29, 0.717) is 12.3 Å². The van der Waals surface area contributed by atoms with E-state index in [1.54, 1.807) is 0 Å². The Hall–Kier alpha value is -1.33. The summed E-state index contributed by atoms with van der Waals surface area (Å²) < 4.78 is 5.36. The Labute approximate surface area is 103 Å². The average molecular weight is 229 g/mol. The van der Waals surface area contributed by atoms with Crippen molar-refractivity contribution in [2.75, 3.05) is 13.2 Å². The molecule has 0 spiro atoms. The third kappa shape index (κ3) is 2.35. The highest BCUT2D eigenvalue weighted by atomic mass is 16.5. The molecule has 1 fully saturated rings. The first-order chi connectivity index (χ1) is 8.18. The van der Waals surface area contributed by atoms with Gasteiger partial charge in [0, 0.05) is 11.8 Å². The fourth-order valence-corrected chi connectivity index (χ4v) is 2.32. The standard InChI is InChI=1S/C15H19NO/c1-12(2)13-4-6-14(7-5-13)15(8-3-9-16)10-17-11-15/h4-7,12H,3,8,10-11H2,1-2H3. The highest BCUT2D eigenvalue weighted by Gasteiger charge is 2.39. The quantitative estimate of drug-likeness (QED) is 0.793. The average Bonchev–Trinajstić information content (AvgIpc) is 2.28. The van der Waals surface area contributed by atoms with Crippen LogP contribution in [0.2, 0.25) is 0 Å². The van der Waals surface area contributed by atoms with Crippen LogP contribution in [0.4, 0.5) is 0 Å². The predicted octanol–water partition coefficient (Wildman–Crippen LogP) is 3.38. The van der Waals surface area contributed by atoms with E-state index in [4.69, 9.17) is 10.00 Å². The molecule has 0 unspecified atom stereocenters. The van der Waals surface area contributed by atoms with Gasteiger partial charge in [-0.3, -0.25) is 0 Å². The maximum atomic E-state index is 8.72. The first-order valence-corrected chi connectivity index (χ1v) is 6.23. The summed E-state index contributed by atoms with van der Waals surface area (Å²) in [7, 11) is 0. The Balaban J connectivity index is 2.17. The van der Waals surface area contributed by atoms with Gasteiger partial charge in [0.25, 0.3) is 0 Å². The fourth-order valence-electron chi connectivity index (χ4n) is 2.32. The minimum atomic E-state index is 0.102. The van der Waals surface area contributed by atoms with E-state index in [1.165, 1.54) is 11.1 Å². The zero-order valence-corrected chi connectivity index (χ0v) is 10.6. The second-order valence-corrected chi connectivity index (χ2v) is 5.21. The van der Waals surface area contributed by atoms with Gasteiger partial charge in [0.15, 0.2) is 0 Å². The SMILES string of the molecule is CC(C)c1ccc(C2(CCC#N)COC2)cc1. The Bertz CT molecular complexity index is 410. The number of nitriles is 1. The Kier molecular flexibility index (Phi) is 3.49. The first-order valence-electron chi connectivity index (χ1n) is 6.23. The summed E-state index contributed by atoms with van der Waals surface area (Å²) in [6, 6.07) is 11.0. The molecule has 1 aromatic rings. The van der Waals surface area contributed by atoms with E-state index < -0.39 is 0 Å². The highest BCUT2D eigenvalue weighted by molar-refractivity contribution is 5.32. The van der Waals surface area contributed by atoms with Crippen LogP contribution in [0, 0.1) is 11.3 Å². The summed E-state index contributed by atoms with van der Waals surface area (Å²) in [5, 5.41) is 8.72. The molecule has 0 radical (unpaired) electrons. The molecule has 0 saturated carbocycles. The Morgan fingerprint density at radius 3 is 2.35 bits per heavy atom. The lowest BCUT2D eigenvalue weighted by Crippen LogP contribution is -2.46. The second-order valence-electron chi connectivity index (χ2n) is 5.21. The molecule has 0 N–H and O–H groups in total. The number of hydrogen-bond donors (Lipinski definition) is 0. The van der Waals surface area contributed by atoms with Crippen LogP contribution in [0.1, 0.15) is 43.7 Å².